The molecule has 3 amide bonds. The van der Waals surface area contributed by atoms with E-state index in [0.29, 0.717) is 16.5 Å². The van der Waals surface area contributed by atoms with Crippen molar-refractivity contribution in [3.8, 4) is 12.3 Å². The monoisotopic (exact) mass is 519 g/mol. The predicted octanol–water partition coefficient (Wildman–Crippen LogP) is 1.69. The van der Waals surface area contributed by atoms with Gasteiger partial charge < -0.3 is 20.6 Å². The molecule has 2 aromatic carbocycles. The molecule has 1 aromatic heterocycles. The van der Waals surface area contributed by atoms with Crippen LogP contribution in [0.5, 0.6) is 0 Å². The van der Waals surface area contributed by atoms with E-state index in [0.717, 1.165) is 5.56 Å². The molecular weight excluding hydrogens is 490 g/mol. The summed E-state index contributed by atoms with van der Waals surface area (Å²) < 4.78 is -0.594. The Hall–Kier alpha value is -3.81. The topological polar surface area (TPSA) is 127 Å². The average Bonchev–Trinajstić information content (AvgIpc) is 3.50. The van der Waals surface area contributed by atoms with Crippen LogP contribution in [-0.4, -0.2) is 73.3 Å². The van der Waals surface area contributed by atoms with Crippen molar-refractivity contribution in [2.24, 2.45) is 0 Å². The van der Waals surface area contributed by atoms with E-state index >= 15 is 0 Å². The third kappa shape index (κ3) is 5.63. The van der Waals surface area contributed by atoms with Gasteiger partial charge in [0, 0.05) is 10.1 Å². The number of aliphatic hydroxyl groups is 1. The normalized spacial score (nSPS) is 18.1. The summed E-state index contributed by atoms with van der Waals surface area (Å²) in [5.41, 5.74) is 1.90. The second kappa shape index (κ2) is 11.1. The quantitative estimate of drug-likeness (QED) is 0.336. The lowest BCUT2D eigenvalue weighted by Gasteiger charge is -2.33. The number of carbonyl (C=O) groups is 3. The number of hydrogen-bond acceptors (Lipinski definition) is 6. The number of aromatic nitrogens is 2. The molecule has 4 rings (SSSR count). The van der Waals surface area contributed by atoms with Crippen LogP contribution in [0.4, 0.5) is 0 Å². The van der Waals surface area contributed by atoms with Crippen LogP contribution in [0.3, 0.4) is 0 Å². The van der Waals surface area contributed by atoms with E-state index in [9.17, 15) is 19.5 Å². The molecule has 1 saturated heterocycles. The van der Waals surface area contributed by atoms with E-state index in [2.05, 4.69) is 26.8 Å². The van der Waals surface area contributed by atoms with E-state index in [1.54, 1.807) is 24.4 Å². The van der Waals surface area contributed by atoms with Gasteiger partial charge in [-0.15, -0.1) is 18.2 Å². The van der Waals surface area contributed by atoms with Gasteiger partial charge >= 0.3 is 0 Å². The second-order valence-corrected chi connectivity index (χ2v) is 11.0. The van der Waals surface area contributed by atoms with Gasteiger partial charge in [0.25, 0.3) is 11.8 Å². The molecule has 9 nitrogen and oxygen atoms in total. The molecule has 4 N–H and O–H groups in total. The molecule has 0 spiro atoms. The van der Waals surface area contributed by atoms with Crippen LogP contribution in [0.15, 0.2) is 54.7 Å². The van der Waals surface area contributed by atoms with Crippen molar-refractivity contribution in [1.29, 1.82) is 0 Å². The van der Waals surface area contributed by atoms with E-state index in [-0.39, 0.29) is 24.7 Å². The highest BCUT2D eigenvalue weighted by atomic mass is 32.2. The summed E-state index contributed by atoms with van der Waals surface area (Å²) in [5.74, 6) is 1.12. The Labute approximate surface area is 219 Å². The second-order valence-electron chi connectivity index (χ2n) is 9.36. The minimum Gasteiger partial charge on any atom is -0.381 e. The van der Waals surface area contributed by atoms with Crippen LogP contribution in [0.25, 0.3) is 10.9 Å². The van der Waals surface area contributed by atoms with Crippen molar-refractivity contribution in [3.05, 3.63) is 65.9 Å². The first-order valence-electron chi connectivity index (χ1n) is 11.8. The molecule has 3 atom stereocenters. The summed E-state index contributed by atoms with van der Waals surface area (Å²) in [6.45, 7) is 3.77. The number of carbonyl (C=O) groups excluding carboxylic acids is 3. The van der Waals surface area contributed by atoms with Crippen LogP contribution < -0.4 is 10.6 Å². The molecule has 2 heterocycles. The van der Waals surface area contributed by atoms with Gasteiger partial charge in [0.1, 0.15) is 6.04 Å². The molecular formula is C27H29N5O4S. The van der Waals surface area contributed by atoms with Gasteiger partial charge in [0.2, 0.25) is 5.91 Å². The lowest BCUT2D eigenvalue weighted by Crippen LogP contribution is -2.58. The molecule has 0 aliphatic carbocycles. The number of aromatic amines is 1. The molecule has 37 heavy (non-hydrogen) atoms. The van der Waals surface area contributed by atoms with Crippen molar-refractivity contribution >= 4 is 40.4 Å². The van der Waals surface area contributed by atoms with Crippen LogP contribution in [-0.2, 0) is 16.0 Å². The number of H-pyrrole nitrogens is 1. The Morgan fingerprint density at radius 1 is 1.24 bits per heavy atom. The summed E-state index contributed by atoms with van der Waals surface area (Å²) in [5, 5.41) is 24.3. The van der Waals surface area contributed by atoms with Crippen molar-refractivity contribution in [2.45, 2.75) is 43.2 Å². The number of nitrogens with one attached hydrogen (secondary N) is 3. The Balaban J connectivity index is 1.60. The molecule has 3 aromatic rings. The van der Waals surface area contributed by atoms with Crippen LogP contribution in [0, 0.1) is 12.3 Å². The standard InChI is InChI=1S/C27H29N5O4S/c1-4-13-28-25(35)23-27(2,3)37-16-32(23)26(36)22(33)21(14-17-9-6-5-7-10-17)30-24(34)18-11-8-12-20-19(18)15-29-31-20/h1,5-12,15,21-23,33H,13-14,16H2,2-3H3,(H,28,35)(H,29,31)(H,30,34)/t21-,22-,23+/m0/s1. The van der Waals surface area contributed by atoms with Gasteiger partial charge in [-0.05, 0) is 38.0 Å². The summed E-state index contributed by atoms with van der Waals surface area (Å²) in [4.78, 5) is 41.2. The zero-order valence-electron chi connectivity index (χ0n) is 20.6. The number of fused-ring (bicyclic) bond motifs is 1. The minimum atomic E-state index is -1.59. The number of thioether (sulfide) groups is 1. The fourth-order valence-corrected chi connectivity index (χ4v) is 5.65. The maximum absolute atomic E-state index is 13.6. The Bertz CT molecular complexity index is 1330. The molecule has 0 bridgehead atoms. The molecule has 0 saturated carbocycles. The van der Waals surface area contributed by atoms with E-state index in [1.165, 1.54) is 16.7 Å². The number of amides is 3. The number of benzene rings is 2. The first-order chi connectivity index (χ1) is 17.7. The molecule has 0 unspecified atom stereocenters. The molecule has 1 aliphatic rings. The maximum atomic E-state index is 13.6. The third-order valence-electron chi connectivity index (χ3n) is 6.42. The Kier molecular flexibility index (Phi) is 7.86. The van der Waals surface area contributed by atoms with Gasteiger partial charge in [-0.25, -0.2) is 0 Å². The highest BCUT2D eigenvalue weighted by molar-refractivity contribution is 8.00. The van der Waals surface area contributed by atoms with Crippen molar-refractivity contribution in [3.63, 3.8) is 0 Å². The van der Waals surface area contributed by atoms with Gasteiger partial charge in [0.15, 0.2) is 6.10 Å². The highest BCUT2D eigenvalue weighted by Gasteiger charge is 2.49. The maximum Gasteiger partial charge on any atom is 0.254 e. The van der Waals surface area contributed by atoms with Gasteiger partial charge in [0.05, 0.1) is 35.7 Å². The van der Waals surface area contributed by atoms with Gasteiger partial charge in [-0.3, -0.25) is 19.5 Å². The lowest BCUT2D eigenvalue weighted by molar-refractivity contribution is -0.147. The molecule has 192 valence electrons. The summed E-state index contributed by atoms with van der Waals surface area (Å²) in [6, 6.07) is 12.7. The SMILES string of the molecule is C#CCNC(=O)[C@H]1N(C(=O)[C@@H](O)[C@H](Cc2ccccc2)NC(=O)c2cccc3[nH]ncc23)CSC1(C)C. The summed E-state index contributed by atoms with van der Waals surface area (Å²) in [6.07, 6.45) is 5.46. The van der Waals surface area contributed by atoms with Crippen molar-refractivity contribution in [1.82, 2.24) is 25.7 Å². The lowest BCUT2D eigenvalue weighted by atomic mass is 9.96. The number of rotatable bonds is 8. The smallest absolute Gasteiger partial charge is 0.254 e. The summed E-state index contributed by atoms with van der Waals surface area (Å²) in [7, 11) is 0. The third-order valence-corrected chi connectivity index (χ3v) is 7.79. The molecule has 1 aliphatic heterocycles. The fraction of sp³-hybridized carbons (Fsp3) is 0.333. The zero-order valence-corrected chi connectivity index (χ0v) is 21.4. The van der Waals surface area contributed by atoms with Crippen molar-refractivity contribution < 1.29 is 19.5 Å². The Morgan fingerprint density at radius 2 is 2.00 bits per heavy atom. The first kappa shape index (κ1) is 26.3. The van der Waals surface area contributed by atoms with Crippen LogP contribution in [0.2, 0.25) is 0 Å². The van der Waals surface area contributed by atoms with Gasteiger partial charge in [-0.2, -0.15) is 5.10 Å². The first-order valence-corrected chi connectivity index (χ1v) is 12.8. The van der Waals surface area contributed by atoms with E-state index < -0.39 is 34.7 Å². The summed E-state index contributed by atoms with van der Waals surface area (Å²) >= 11 is 1.44. The van der Waals surface area contributed by atoms with E-state index in [1.807, 2.05) is 44.2 Å². The minimum absolute atomic E-state index is 0.0346. The van der Waals surface area contributed by atoms with E-state index in [4.69, 9.17) is 6.42 Å². The zero-order chi connectivity index (χ0) is 26.6. The molecule has 10 heteroatoms. The predicted molar refractivity (Wildman–Crippen MR) is 143 cm³/mol. The highest BCUT2D eigenvalue weighted by Crippen LogP contribution is 2.39. The number of nitrogens with zero attached hydrogens (tertiary/aromatic N) is 2. The fourth-order valence-electron chi connectivity index (χ4n) is 4.51. The number of aliphatic hydroxyl groups excluding tert-OH is 1. The Morgan fingerprint density at radius 3 is 2.73 bits per heavy atom. The number of terminal acetylenes is 1. The van der Waals surface area contributed by atoms with Gasteiger partial charge in [-0.1, -0.05) is 42.3 Å². The van der Waals surface area contributed by atoms with Crippen molar-refractivity contribution in [2.75, 3.05) is 12.4 Å². The molecule has 0 radical (unpaired) electrons. The number of hydrogen-bond donors (Lipinski definition) is 4. The molecule has 1 fully saturated rings. The van der Waals surface area contributed by atoms with Crippen LogP contribution >= 0.6 is 11.8 Å². The van der Waals surface area contributed by atoms with Crippen LogP contribution in [0.1, 0.15) is 29.8 Å². The largest absolute Gasteiger partial charge is 0.381 e. The average molecular weight is 520 g/mol.